The minimum absolute atomic E-state index is 0.0226. The Labute approximate surface area is 108 Å². The molecule has 0 bridgehead atoms. The highest BCUT2D eigenvalue weighted by Crippen LogP contribution is 2.11. The van der Waals surface area contributed by atoms with Crippen LogP contribution in [0.25, 0.3) is 0 Å². The van der Waals surface area contributed by atoms with E-state index in [4.69, 9.17) is 0 Å². The Morgan fingerprint density at radius 2 is 1.72 bits per heavy atom. The summed E-state index contributed by atoms with van der Waals surface area (Å²) in [5, 5.41) is 2.93. The SMILES string of the molecule is CCc1cccc(NC(=O)Cc2ccccc2)c1. The molecule has 0 radical (unpaired) electrons. The Hall–Kier alpha value is -2.09. The summed E-state index contributed by atoms with van der Waals surface area (Å²) >= 11 is 0. The van der Waals surface area contributed by atoms with E-state index in [2.05, 4.69) is 18.3 Å². The van der Waals surface area contributed by atoms with Gasteiger partial charge in [-0.1, -0.05) is 49.4 Å². The summed E-state index contributed by atoms with van der Waals surface area (Å²) in [7, 11) is 0. The summed E-state index contributed by atoms with van der Waals surface area (Å²) in [6.07, 6.45) is 1.39. The van der Waals surface area contributed by atoms with Gasteiger partial charge in [-0.05, 0) is 29.7 Å². The Bertz CT molecular complexity index is 520. The highest BCUT2D eigenvalue weighted by molar-refractivity contribution is 5.92. The molecule has 0 unspecified atom stereocenters. The van der Waals surface area contributed by atoms with E-state index >= 15 is 0 Å². The fraction of sp³-hybridized carbons (Fsp3) is 0.188. The predicted octanol–water partition coefficient (Wildman–Crippen LogP) is 3.43. The molecule has 18 heavy (non-hydrogen) atoms. The number of aryl methyl sites for hydroxylation is 1. The highest BCUT2D eigenvalue weighted by Gasteiger charge is 2.03. The molecule has 0 aliphatic heterocycles. The average Bonchev–Trinajstić information content (AvgIpc) is 2.40. The first kappa shape index (κ1) is 12.4. The molecule has 0 saturated carbocycles. The first-order chi connectivity index (χ1) is 8.78. The first-order valence-electron chi connectivity index (χ1n) is 6.20. The number of hydrogen-bond acceptors (Lipinski definition) is 1. The molecule has 2 aromatic carbocycles. The van der Waals surface area contributed by atoms with Gasteiger partial charge in [0, 0.05) is 5.69 Å². The number of carbonyl (C=O) groups is 1. The van der Waals surface area contributed by atoms with Gasteiger partial charge in [-0.3, -0.25) is 4.79 Å². The Morgan fingerprint density at radius 1 is 1.00 bits per heavy atom. The van der Waals surface area contributed by atoms with E-state index in [0.717, 1.165) is 17.7 Å². The molecule has 1 amide bonds. The van der Waals surface area contributed by atoms with Crippen LogP contribution in [0.4, 0.5) is 5.69 Å². The number of hydrogen-bond donors (Lipinski definition) is 1. The predicted molar refractivity (Wildman–Crippen MR) is 74.6 cm³/mol. The van der Waals surface area contributed by atoms with Crippen molar-refractivity contribution in [2.75, 3.05) is 5.32 Å². The Kier molecular flexibility index (Phi) is 4.13. The standard InChI is InChI=1S/C16H17NO/c1-2-13-9-6-10-15(11-13)17-16(18)12-14-7-4-3-5-8-14/h3-11H,2,12H2,1H3,(H,17,18). The second-order valence-corrected chi connectivity index (χ2v) is 4.26. The second kappa shape index (κ2) is 6.01. The topological polar surface area (TPSA) is 29.1 Å². The lowest BCUT2D eigenvalue weighted by atomic mass is 10.1. The van der Waals surface area contributed by atoms with Crippen molar-refractivity contribution < 1.29 is 4.79 Å². The van der Waals surface area contributed by atoms with Crippen LogP contribution in [0.5, 0.6) is 0 Å². The molecule has 2 aromatic rings. The molecule has 0 saturated heterocycles. The normalized spacial score (nSPS) is 10.1. The second-order valence-electron chi connectivity index (χ2n) is 4.26. The number of nitrogens with one attached hydrogen (secondary N) is 1. The van der Waals surface area contributed by atoms with Crippen molar-refractivity contribution in [3.63, 3.8) is 0 Å². The van der Waals surface area contributed by atoms with E-state index < -0.39 is 0 Å². The summed E-state index contributed by atoms with van der Waals surface area (Å²) in [6.45, 7) is 2.10. The van der Waals surface area contributed by atoms with Crippen LogP contribution in [0.1, 0.15) is 18.1 Å². The number of anilines is 1. The van der Waals surface area contributed by atoms with Gasteiger partial charge >= 0.3 is 0 Å². The van der Waals surface area contributed by atoms with Crippen LogP contribution >= 0.6 is 0 Å². The maximum absolute atomic E-state index is 11.9. The van der Waals surface area contributed by atoms with Gasteiger partial charge in [0.2, 0.25) is 5.91 Å². The van der Waals surface area contributed by atoms with Crippen molar-refractivity contribution in [3.05, 3.63) is 65.7 Å². The van der Waals surface area contributed by atoms with Crippen molar-refractivity contribution in [2.45, 2.75) is 19.8 Å². The number of carbonyl (C=O) groups excluding carboxylic acids is 1. The molecule has 0 aliphatic rings. The first-order valence-corrected chi connectivity index (χ1v) is 6.20. The average molecular weight is 239 g/mol. The van der Waals surface area contributed by atoms with Gasteiger partial charge in [0.15, 0.2) is 0 Å². The third kappa shape index (κ3) is 3.45. The molecule has 0 fully saturated rings. The minimum atomic E-state index is 0.0226. The number of rotatable bonds is 4. The zero-order valence-corrected chi connectivity index (χ0v) is 10.5. The molecular weight excluding hydrogens is 222 g/mol. The molecule has 1 N–H and O–H groups in total. The van der Waals surface area contributed by atoms with E-state index in [9.17, 15) is 4.79 Å². The van der Waals surface area contributed by atoms with E-state index in [1.165, 1.54) is 5.56 Å². The van der Waals surface area contributed by atoms with Crippen molar-refractivity contribution in [1.29, 1.82) is 0 Å². The zero-order valence-electron chi connectivity index (χ0n) is 10.5. The van der Waals surface area contributed by atoms with Crippen LogP contribution in [-0.2, 0) is 17.6 Å². The van der Waals surface area contributed by atoms with Crippen LogP contribution in [0, 0.1) is 0 Å². The van der Waals surface area contributed by atoms with E-state index in [1.54, 1.807) is 0 Å². The highest BCUT2D eigenvalue weighted by atomic mass is 16.1. The molecule has 0 spiro atoms. The van der Waals surface area contributed by atoms with Crippen molar-refractivity contribution in [1.82, 2.24) is 0 Å². The Morgan fingerprint density at radius 3 is 2.44 bits per heavy atom. The summed E-state index contributed by atoms with van der Waals surface area (Å²) < 4.78 is 0. The Balaban J connectivity index is 1.99. The largest absolute Gasteiger partial charge is 0.326 e. The monoisotopic (exact) mass is 239 g/mol. The zero-order chi connectivity index (χ0) is 12.8. The molecule has 0 atom stereocenters. The molecule has 2 rings (SSSR count). The van der Waals surface area contributed by atoms with E-state index in [1.807, 2.05) is 48.5 Å². The lowest BCUT2D eigenvalue weighted by molar-refractivity contribution is -0.115. The van der Waals surface area contributed by atoms with Gasteiger partial charge in [0.05, 0.1) is 6.42 Å². The lowest BCUT2D eigenvalue weighted by Crippen LogP contribution is -2.14. The lowest BCUT2D eigenvalue weighted by Gasteiger charge is -2.06. The summed E-state index contributed by atoms with van der Waals surface area (Å²) in [5.41, 5.74) is 3.13. The fourth-order valence-electron chi connectivity index (χ4n) is 1.86. The maximum atomic E-state index is 11.9. The van der Waals surface area contributed by atoms with Crippen LogP contribution in [0.3, 0.4) is 0 Å². The molecule has 2 heteroatoms. The van der Waals surface area contributed by atoms with Crippen LogP contribution < -0.4 is 5.32 Å². The fourth-order valence-corrected chi connectivity index (χ4v) is 1.86. The molecule has 0 heterocycles. The summed E-state index contributed by atoms with van der Waals surface area (Å²) in [4.78, 5) is 11.9. The van der Waals surface area contributed by atoms with Crippen molar-refractivity contribution in [3.8, 4) is 0 Å². The van der Waals surface area contributed by atoms with Gasteiger partial charge in [-0.15, -0.1) is 0 Å². The van der Waals surface area contributed by atoms with E-state index in [-0.39, 0.29) is 5.91 Å². The minimum Gasteiger partial charge on any atom is -0.326 e. The van der Waals surface area contributed by atoms with Crippen molar-refractivity contribution >= 4 is 11.6 Å². The van der Waals surface area contributed by atoms with Gasteiger partial charge in [0.1, 0.15) is 0 Å². The number of amides is 1. The molecule has 0 aliphatic carbocycles. The van der Waals surface area contributed by atoms with Crippen LogP contribution in [-0.4, -0.2) is 5.91 Å². The van der Waals surface area contributed by atoms with Gasteiger partial charge in [0.25, 0.3) is 0 Å². The van der Waals surface area contributed by atoms with Gasteiger partial charge < -0.3 is 5.32 Å². The van der Waals surface area contributed by atoms with Crippen LogP contribution in [0.15, 0.2) is 54.6 Å². The maximum Gasteiger partial charge on any atom is 0.228 e. The van der Waals surface area contributed by atoms with E-state index in [0.29, 0.717) is 6.42 Å². The van der Waals surface area contributed by atoms with Gasteiger partial charge in [-0.2, -0.15) is 0 Å². The molecule has 92 valence electrons. The third-order valence-electron chi connectivity index (χ3n) is 2.83. The molecule has 2 nitrogen and oxygen atoms in total. The summed E-state index contributed by atoms with van der Waals surface area (Å²) in [5.74, 6) is 0.0226. The molecule has 0 aromatic heterocycles. The quantitative estimate of drug-likeness (QED) is 0.870. The third-order valence-corrected chi connectivity index (χ3v) is 2.83. The van der Waals surface area contributed by atoms with Crippen molar-refractivity contribution in [2.24, 2.45) is 0 Å². The van der Waals surface area contributed by atoms with Gasteiger partial charge in [-0.25, -0.2) is 0 Å². The van der Waals surface area contributed by atoms with Crippen LogP contribution in [0.2, 0.25) is 0 Å². The summed E-state index contributed by atoms with van der Waals surface area (Å²) in [6, 6.07) is 17.7. The molecular formula is C16H17NO. The smallest absolute Gasteiger partial charge is 0.228 e. The number of benzene rings is 2.